The molecule has 0 unspecified atom stereocenters. The third-order valence-electron chi connectivity index (χ3n) is 1.74. The second-order valence-corrected chi connectivity index (χ2v) is 2.81. The smallest absolute Gasteiger partial charge is 0.233 e. The van der Waals surface area contributed by atoms with Gasteiger partial charge in [0.1, 0.15) is 29.8 Å². The molecular formula is C10H15N5O. The second-order valence-electron chi connectivity index (χ2n) is 2.81. The van der Waals surface area contributed by atoms with Crippen LogP contribution in [0.1, 0.15) is 19.5 Å². The monoisotopic (exact) mass is 221 g/mol. The van der Waals surface area contributed by atoms with E-state index in [9.17, 15) is 0 Å². The molecule has 0 spiro atoms. The van der Waals surface area contributed by atoms with Gasteiger partial charge in [0.2, 0.25) is 5.89 Å². The Bertz CT molecular complexity index is 446. The number of nitrogen functional groups attached to an aromatic ring is 2. The van der Waals surface area contributed by atoms with Crippen LogP contribution in [0.4, 0.5) is 11.6 Å². The highest BCUT2D eigenvalue weighted by molar-refractivity contribution is 5.76. The van der Waals surface area contributed by atoms with Crippen molar-refractivity contribution < 1.29 is 4.42 Å². The first-order chi connectivity index (χ1) is 7.68. The first-order valence-corrected chi connectivity index (χ1v) is 4.97. The molecule has 0 fully saturated rings. The molecule has 0 aliphatic rings. The molecule has 2 aromatic heterocycles. The second kappa shape index (κ2) is 5.11. The molecule has 0 bridgehead atoms. The minimum atomic E-state index is 0.263. The zero-order chi connectivity index (χ0) is 12.1. The van der Waals surface area contributed by atoms with Crippen LogP contribution < -0.4 is 11.5 Å². The highest BCUT2D eigenvalue weighted by Crippen LogP contribution is 2.27. The Morgan fingerprint density at radius 1 is 1.12 bits per heavy atom. The van der Waals surface area contributed by atoms with Crippen LogP contribution in [0.3, 0.4) is 0 Å². The molecule has 0 atom stereocenters. The number of aromatic nitrogens is 3. The lowest BCUT2D eigenvalue weighted by Crippen LogP contribution is -2.01. The molecule has 86 valence electrons. The van der Waals surface area contributed by atoms with Gasteiger partial charge in [0.05, 0.1) is 5.69 Å². The van der Waals surface area contributed by atoms with E-state index < -0.39 is 0 Å². The van der Waals surface area contributed by atoms with Crippen molar-refractivity contribution >= 4 is 11.6 Å². The number of nitrogens with two attached hydrogens (primary N) is 2. The molecular weight excluding hydrogens is 206 g/mol. The van der Waals surface area contributed by atoms with Gasteiger partial charge in [-0.25, -0.2) is 15.0 Å². The van der Waals surface area contributed by atoms with Crippen molar-refractivity contribution in [3.8, 4) is 11.5 Å². The summed E-state index contributed by atoms with van der Waals surface area (Å²) in [6.07, 6.45) is 2.81. The summed E-state index contributed by atoms with van der Waals surface area (Å²) >= 11 is 0. The van der Waals surface area contributed by atoms with E-state index in [2.05, 4.69) is 15.0 Å². The number of aryl methyl sites for hydroxylation is 1. The molecule has 0 aliphatic heterocycles. The van der Waals surface area contributed by atoms with Gasteiger partial charge < -0.3 is 15.9 Å². The zero-order valence-electron chi connectivity index (χ0n) is 9.56. The van der Waals surface area contributed by atoms with Gasteiger partial charge in [-0.1, -0.05) is 13.8 Å². The first kappa shape index (κ1) is 12.0. The number of oxazole rings is 1. The molecule has 4 N–H and O–H groups in total. The van der Waals surface area contributed by atoms with Gasteiger partial charge in [-0.3, -0.25) is 0 Å². The summed E-state index contributed by atoms with van der Waals surface area (Å²) in [4.78, 5) is 11.7. The molecule has 0 amide bonds. The van der Waals surface area contributed by atoms with Crippen LogP contribution in [-0.4, -0.2) is 15.0 Å². The predicted molar refractivity (Wildman–Crippen MR) is 62.4 cm³/mol. The summed E-state index contributed by atoms with van der Waals surface area (Å²) in [6, 6.07) is 0. The quantitative estimate of drug-likeness (QED) is 0.758. The first-order valence-electron chi connectivity index (χ1n) is 4.97. The van der Waals surface area contributed by atoms with E-state index in [1.54, 1.807) is 0 Å². The molecule has 0 aliphatic carbocycles. The Morgan fingerprint density at radius 2 is 1.69 bits per heavy atom. The summed E-state index contributed by atoms with van der Waals surface area (Å²) in [5, 5.41) is 0. The van der Waals surface area contributed by atoms with Gasteiger partial charge in [-0.05, 0) is 6.92 Å². The predicted octanol–water partition coefficient (Wildman–Crippen LogP) is 1.63. The van der Waals surface area contributed by atoms with Crippen molar-refractivity contribution in [1.29, 1.82) is 0 Å². The van der Waals surface area contributed by atoms with Crippen LogP contribution in [0.2, 0.25) is 0 Å². The standard InChI is InChI=1S/C8H9N5O.C2H6/c1-4-2-14-8(13-4)5-6(9)11-3-12-7(5)10;1-2/h2-3H,1H3,(H4,9,10,11,12);1-2H3. The number of hydrogen-bond donors (Lipinski definition) is 2. The molecule has 0 radical (unpaired) electrons. The summed E-state index contributed by atoms with van der Waals surface area (Å²) in [7, 11) is 0. The van der Waals surface area contributed by atoms with Gasteiger partial charge in [0.15, 0.2) is 0 Å². The summed E-state index contributed by atoms with van der Waals surface area (Å²) < 4.78 is 5.16. The van der Waals surface area contributed by atoms with E-state index >= 15 is 0 Å². The minimum absolute atomic E-state index is 0.263. The maximum absolute atomic E-state index is 5.63. The lowest BCUT2D eigenvalue weighted by atomic mass is 10.3. The molecule has 2 heterocycles. The van der Waals surface area contributed by atoms with Crippen molar-refractivity contribution in [2.75, 3.05) is 11.5 Å². The average molecular weight is 221 g/mol. The van der Waals surface area contributed by atoms with Crippen LogP contribution in [0, 0.1) is 6.92 Å². The molecule has 6 heteroatoms. The molecule has 16 heavy (non-hydrogen) atoms. The van der Waals surface area contributed by atoms with E-state index in [1.807, 2.05) is 20.8 Å². The summed E-state index contributed by atoms with van der Waals surface area (Å²) in [5.41, 5.74) is 12.5. The molecule has 2 aromatic rings. The fraction of sp³-hybridized carbons (Fsp3) is 0.300. The van der Waals surface area contributed by atoms with Crippen molar-refractivity contribution in [3.05, 3.63) is 18.3 Å². The molecule has 0 saturated carbocycles. The van der Waals surface area contributed by atoms with E-state index in [0.29, 0.717) is 11.5 Å². The average Bonchev–Trinajstić information content (AvgIpc) is 2.68. The highest BCUT2D eigenvalue weighted by atomic mass is 16.3. The van der Waals surface area contributed by atoms with Gasteiger partial charge >= 0.3 is 0 Å². The van der Waals surface area contributed by atoms with Gasteiger partial charge in [0, 0.05) is 0 Å². The normalized spacial score (nSPS) is 9.44. The van der Waals surface area contributed by atoms with Gasteiger partial charge in [-0.15, -0.1) is 0 Å². The topological polar surface area (TPSA) is 104 Å². The fourth-order valence-corrected chi connectivity index (χ4v) is 1.10. The summed E-state index contributed by atoms with van der Waals surface area (Å²) in [5.74, 6) is 0.872. The van der Waals surface area contributed by atoms with Crippen LogP contribution in [-0.2, 0) is 0 Å². The Hall–Kier alpha value is -2.11. The Balaban J connectivity index is 0.000000606. The van der Waals surface area contributed by atoms with Crippen molar-refractivity contribution in [2.45, 2.75) is 20.8 Å². The van der Waals surface area contributed by atoms with Crippen molar-refractivity contribution in [3.63, 3.8) is 0 Å². The van der Waals surface area contributed by atoms with Crippen molar-refractivity contribution in [2.24, 2.45) is 0 Å². The van der Waals surface area contributed by atoms with Crippen molar-refractivity contribution in [1.82, 2.24) is 15.0 Å². The third kappa shape index (κ3) is 2.28. The van der Waals surface area contributed by atoms with E-state index in [0.717, 1.165) is 5.69 Å². The van der Waals surface area contributed by atoms with Crippen LogP contribution in [0.5, 0.6) is 0 Å². The van der Waals surface area contributed by atoms with Gasteiger partial charge in [0.25, 0.3) is 0 Å². The van der Waals surface area contributed by atoms with Crippen LogP contribution in [0.25, 0.3) is 11.5 Å². The molecule has 6 nitrogen and oxygen atoms in total. The maximum Gasteiger partial charge on any atom is 0.233 e. The van der Waals surface area contributed by atoms with Gasteiger partial charge in [-0.2, -0.15) is 0 Å². The largest absolute Gasteiger partial charge is 0.444 e. The minimum Gasteiger partial charge on any atom is -0.444 e. The molecule has 2 rings (SSSR count). The fourth-order valence-electron chi connectivity index (χ4n) is 1.10. The van der Waals surface area contributed by atoms with E-state index in [1.165, 1.54) is 12.6 Å². The molecule has 0 saturated heterocycles. The Labute approximate surface area is 93.7 Å². The van der Waals surface area contributed by atoms with Crippen LogP contribution in [0.15, 0.2) is 17.0 Å². The zero-order valence-corrected chi connectivity index (χ0v) is 9.56. The lowest BCUT2D eigenvalue weighted by molar-refractivity contribution is 0.573. The maximum atomic E-state index is 5.63. The highest BCUT2D eigenvalue weighted by Gasteiger charge is 2.13. The number of anilines is 2. The number of rotatable bonds is 1. The molecule has 0 aromatic carbocycles. The number of hydrogen-bond acceptors (Lipinski definition) is 6. The summed E-state index contributed by atoms with van der Waals surface area (Å²) in [6.45, 7) is 5.81. The third-order valence-corrected chi connectivity index (χ3v) is 1.74. The SMILES string of the molecule is CC.Cc1coc(-c2c(N)ncnc2N)n1. The van der Waals surface area contributed by atoms with E-state index in [4.69, 9.17) is 15.9 Å². The van der Waals surface area contributed by atoms with E-state index in [-0.39, 0.29) is 11.6 Å². The van der Waals surface area contributed by atoms with Crippen LogP contribution >= 0.6 is 0 Å². The number of nitrogens with zero attached hydrogens (tertiary/aromatic N) is 3. The lowest BCUT2D eigenvalue weighted by Gasteiger charge is -2.01. The Morgan fingerprint density at radius 3 is 2.12 bits per heavy atom. The Kier molecular flexibility index (Phi) is 3.82.